The van der Waals surface area contributed by atoms with E-state index in [2.05, 4.69) is 69.8 Å². The number of rotatable bonds is 0. The summed E-state index contributed by atoms with van der Waals surface area (Å²) in [5.74, 6) is 0. The summed E-state index contributed by atoms with van der Waals surface area (Å²) < 4.78 is 0. The van der Waals surface area contributed by atoms with Gasteiger partial charge in [0.15, 0.2) is 0 Å². The normalized spacial score (nSPS) is 13.5. The summed E-state index contributed by atoms with van der Waals surface area (Å²) in [5.41, 5.74) is 8.91. The van der Waals surface area contributed by atoms with Crippen molar-refractivity contribution in [2.75, 3.05) is 21.3 Å². The second-order valence-corrected chi connectivity index (χ2v) is 9.20. The average Bonchev–Trinajstić information content (AvgIpc) is 2.85. The molecule has 0 bridgehead atoms. The molecule has 1 heterocycles. The number of hydrogen-bond acceptors (Lipinski definition) is 4. The van der Waals surface area contributed by atoms with Crippen LogP contribution in [0.2, 0.25) is 10.0 Å². The first-order valence-electron chi connectivity index (χ1n) is 11.3. The molecular weight excluding hydrogens is 463 g/mol. The number of benzene rings is 4. The van der Waals surface area contributed by atoms with E-state index >= 15 is 0 Å². The number of para-hydroxylation sites is 2. The minimum atomic E-state index is 0.659. The maximum absolute atomic E-state index is 6.34. The predicted molar refractivity (Wildman–Crippen MR) is 145 cm³/mol. The Balaban J connectivity index is 1.53. The minimum absolute atomic E-state index is 0.659. The zero-order valence-corrected chi connectivity index (χ0v) is 20.2. The Labute approximate surface area is 210 Å². The van der Waals surface area contributed by atoms with E-state index in [-0.39, 0.29) is 0 Å². The molecular formula is C28H26Cl2N4. The zero-order valence-electron chi connectivity index (χ0n) is 18.7. The molecule has 0 aliphatic carbocycles. The third kappa shape index (κ3) is 5.24. The maximum atomic E-state index is 6.34. The predicted octanol–water partition coefficient (Wildman–Crippen LogP) is 7.76. The SMILES string of the molecule is Clc1ccc2c(c1)CNc1ccccc1CNc1ccc(Cl)cc1CNc1ccccc1CN2. The molecule has 0 spiro atoms. The third-order valence-corrected chi connectivity index (χ3v) is 6.52. The highest BCUT2D eigenvalue weighted by Crippen LogP contribution is 2.28. The lowest BCUT2D eigenvalue weighted by molar-refractivity contribution is 1.05. The van der Waals surface area contributed by atoms with Crippen molar-refractivity contribution in [2.24, 2.45) is 0 Å². The molecule has 0 saturated carbocycles. The van der Waals surface area contributed by atoms with E-state index in [1.807, 2.05) is 36.4 Å². The van der Waals surface area contributed by atoms with Gasteiger partial charge >= 0.3 is 0 Å². The van der Waals surface area contributed by atoms with Gasteiger partial charge < -0.3 is 21.3 Å². The maximum Gasteiger partial charge on any atom is 0.0421 e. The Morgan fingerprint density at radius 3 is 1.21 bits per heavy atom. The highest BCUT2D eigenvalue weighted by Gasteiger charge is 2.11. The van der Waals surface area contributed by atoms with Crippen molar-refractivity contribution < 1.29 is 0 Å². The molecule has 1 aliphatic heterocycles. The molecule has 0 unspecified atom stereocenters. The van der Waals surface area contributed by atoms with Gasteiger partial charge in [-0.25, -0.2) is 0 Å². The van der Waals surface area contributed by atoms with Crippen LogP contribution in [0.15, 0.2) is 84.9 Å². The molecule has 4 aromatic carbocycles. The van der Waals surface area contributed by atoms with Crippen molar-refractivity contribution in [1.29, 1.82) is 0 Å². The van der Waals surface area contributed by atoms with Crippen LogP contribution in [0.25, 0.3) is 0 Å². The molecule has 1 aliphatic rings. The van der Waals surface area contributed by atoms with Crippen LogP contribution in [0, 0.1) is 0 Å². The van der Waals surface area contributed by atoms with Gasteiger partial charge in [0.2, 0.25) is 0 Å². The van der Waals surface area contributed by atoms with Gasteiger partial charge in [-0.15, -0.1) is 0 Å². The lowest BCUT2D eigenvalue weighted by atomic mass is 10.1. The van der Waals surface area contributed by atoms with E-state index in [9.17, 15) is 0 Å². The molecule has 172 valence electrons. The fraction of sp³-hybridized carbons (Fsp3) is 0.143. The fourth-order valence-corrected chi connectivity index (χ4v) is 4.61. The van der Waals surface area contributed by atoms with Crippen molar-refractivity contribution >= 4 is 46.0 Å². The molecule has 0 fully saturated rings. The number of anilines is 4. The Kier molecular flexibility index (Phi) is 6.79. The van der Waals surface area contributed by atoms with Crippen LogP contribution in [0.3, 0.4) is 0 Å². The first-order valence-corrected chi connectivity index (χ1v) is 12.1. The number of nitrogens with one attached hydrogen (secondary N) is 4. The molecule has 4 aromatic rings. The fourth-order valence-electron chi connectivity index (χ4n) is 4.22. The summed E-state index contributed by atoms with van der Waals surface area (Å²) in [6.07, 6.45) is 0. The molecule has 0 saturated heterocycles. The van der Waals surface area contributed by atoms with E-state index in [0.717, 1.165) is 43.9 Å². The smallest absolute Gasteiger partial charge is 0.0421 e. The summed E-state index contributed by atoms with van der Waals surface area (Å²) in [6.45, 7) is 2.70. The molecule has 0 aromatic heterocycles. The van der Waals surface area contributed by atoms with E-state index < -0.39 is 0 Å². The van der Waals surface area contributed by atoms with Crippen LogP contribution in [-0.2, 0) is 26.2 Å². The van der Waals surface area contributed by atoms with Gasteiger partial charge in [-0.2, -0.15) is 0 Å². The van der Waals surface area contributed by atoms with Crippen LogP contribution in [0.4, 0.5) is 22.7 Å². The second kappa shape index (κ2) is 10.3. The van der Waals surface area contributed by atoms with E-state index in [1.165, 1.54) is 11.1 Å². The molecule has 4 N–H and O–H groups in total. The Bertz CT molecular complexity index is 1200. The summed E-state index contributed by atoms with van der Waals surface area (Å²) >= 11 is 12.7. The Morgan fingerprint density at radius 1 is 0.412 bits per heavy atom. The average molecular weight is 489 g/mol. The largest absolute Gasteiger partial charge is 0.381 e. The standard InChI is InChI=1S/C28H26Cl2N4/c29-23-9-11-27-22(14-23)18-34-26-8-4-2-6-20(26)16-32-28-12-10-24(30)13-21(28)17-33-25-7-3-1-5-19(25)15-31-27/h1-14,31-34H,15-18H2. The topological polar surface area (TPSA) is 48.1 Å². The van der Waals surface area contributed by atoms with Gasteiger partial charge in [0.25, 0.3) is 0 Å². The monoisotopic (exact) mass is 488 g/mol. The van der Waals surface area contributed by atoms with E-state index in [1.54, 1.807) is 0 Å². The highest BCUT2D eigenvalue weighted by atomic mass is 35.5. The van der Waals surface area contributed by atoms with Crippen molar-refractivity contribution in [3.8, 4) is 0 Å². The Morgan fingerprint density at radius 2 is 0.765 bits per heavy atom. The molecule has 4 nitrogen and oxygen atoms in total. The number of fused-ring (bicyclic) bond motifs is 4. The van der Waals surface area contributed by atoms with Gasteiger partial charge in [0.1, 0.15) is 0 Å². The van der Waals surface area contributed by atoms with Crippen LogP contribution in [0.5, 0.6) is 0 Å². The number of halogens is 2. The lowest BCUT2D eigenvalue weighted by Gasteiger charge is -2.20. The van der Waals surface area contributed by atoms with Crippen molar-refractivity contribution in [2.45, 2.75) is 26.2 Å². The highest BCUT2D eigenvalue weighted by molar-refractivity contribution is 6.31. The molecule has 0 radical (unpaired) electrons. The summed E-state index contributed by atoms with van der Waals surface area (Å²) in [4.78, 5) is 0. The summed E-state index contributed by atoms with van der Waals surface area (Å²) in [6, 6.07) is 28.7. The van der Waals surface area contributed by atoms with Gasteiger partial charge in [-0.05, 0) is 70.8 Å². The van der Waals surface area contributed by atoms with E-state index in [0.29, 0.717) is 26.2 Å². The Hall–Kier alpha value is -3.34. The third-order valence-electron chi connectivity index (χ3n) is 6.05. The molecule has 0 amide bonds. The van der Waals surface area contributed by atoms with Crippen molar-refractivity contribution in [3.05, 3.63) is 117 Å². The quantitative estimate of drug-likeness (QED) is 0.204. The molecule has 6 heteroatoms. The van der Waals surface area contributed by atoms with E-state index in [4.69, 9.17) is 23.2 Å². The first kappa shape index (κ1) is 22.5. The molecule has 0 atom stereocenters. The number of hydrogen-bond donors (Lipinski definition) is 4. The zero-order chi connectivity index (χ0) is 23.3. The molecule has 5 rings (SSSR count). The lowest BCUT2D eigenvalue weighted by Crippen LogP contribution is -2.12. The van der Waals surface area contributed by atoms with Crippen molar-refractivity contribution in [3.63, 3.8) is 0 Å². The van der Waals surface area contributed by atoms with Crippen LogP contribution in [0.1, 0.15) is 22.3 Å². The van der Waals surface area contributed by atoms with Crippen LogP contribution >= 0.6 is 23.2 Å². The second-order valence-electron chi connectivity index (χ2n) is 8.33. The van der Waals surface area contributed by atoms with Gasteiger partial charge in [-0.1, -0.05) is 59.6 Å². The summed E-state index contributed by atoms with van der Waals surface area (Å²) in [7, 11) is 0. The summed E-state index contributed by atoms with van der Waals surface area (Å²) in [5, 5.41) is 15.9. The van der Waals surface area contributed by atoms with Gasteiger partial charge in [0, 0.05) is 59.0 Å². The van der Waals surface area contributed by atoms with Gasteiger partial charge in [0.05, 0.1) is 0 Å². The van der Waals surface area contributed by atoms with Crippen LogP contribution < -0.4 is 21.3 Å². The minimum Gasteiger partial charge on any atom is -0.381 e. The van der Waals surface area contributed by atoms with Crippen LogP contribution in [-0.4, -0.2) is 0 Å². The first-order chi connectivity index (χ1) is 16.7. The van der Waals surface area contributed by atoms with Crippen molar-refractivity contribution in [1.82, 2.24) is 0 Å². The van der Waals surface area contributed by atoms with Gasteiger partial charge in [-0.3, -0.25) is 0 Å². The molecule has 34 heavy (non-hydrogen) atoms.